The van der Waals surface area contributed by atoms with Crippen LogP contribution in [0.1, 0.15) is 13.8 Å². The van der Waals surface area contributed by atoms with Gasteiger partial charge in [-0.05, 0) is 19.9 Å². The van der Waals surface area contributed by atoms with Crippen LogP contribution in [0, 0.1) is 0 Å². The zero-order valence-electron chi connectivity index (χ0n) is 11.9. The van der Waals surface area contributed by atoms with Crippen molar-refractivity contribution in [3.8, 4) is 0 Å². The number of allylic oxidation sites excluding steroid dienone is 2. The predicted molar refractivity (Wildman–Crippen MR) is 86.5 cm³/mol. The lowest BCUT2D eigenvalue weighted by Crippen LogP contribution is -2.26. The van der Waals surface area contributed by atoms with Crippen molar-refractivity contribution in [2.75, 3.05) is 0 Å². The fraction of sp³-hybridized carbons (Fsp3) is 0.118. The highest BCUT2D eigenvalue weighted by Crippen LogP contribution is 1.84. The molecule has 0 aliphatic heterocycles. The molecule has 1 radical (unpaired) electrons. The van der Waals surface area contributed by atoms with Gasteiger partial charge in [0.05, 0.1) is 0 Å². The summed E-state index contributed by atoms with van der Waals surface area (Å²) in [5.74, 6) is 0.000000000000000444. The van der Waals surface area contributed by atoms with Crippen LogP contribution in [0.2, 0.25) is 0 Å². The van der Waals surface area contributed by atoms with E-state index in [0.717, 1.165) is 0 Å². The van der Waals surface area contributed by atoms with Crippen molar-refractivity contribution >= 4 is 24.0 Å². The predicted octanol–water partition coefficient (Wildman–Crippen LogP) is 1.78. The Labute approximate surface area is 121 Å². The van der Waals surface area contributed by atoms with Gasteiger partial charge >= 0.3 is 0 Å². The summed E-state index contributed by atoms with van der Waals surface area (Å²) >= 11 is 0. The third kappa shape index (κ3) is 7.22. The number of benzene rings is 2. The fourth-order valence-electron chi connectivity index (χ4n) is 1.61. The lowest BCUT2D eigenvalue weighted by molar-refractivity contribution is -0.112. The van der Waals surface area contributed by atoms with Crippen molar-refractivity contribution in [3.63, 3.8) is 0 Å². The number of hydrogen-bond acceptors (Lipinski definition) is 2. The highest BCUT2D eigenvalue weighted by Gasteiger charge is 1.95. The number of carbonyl (C=O) groups excluding carboxylic acids is 1. The van der Waals surface area contributed by atoms with E-state index in [1.807, 2.05) is 12.1 Å². The van der Waals surface area contributed by atoms with E-state index in [1.54, 1.807) is 6.92 Å². The Balaban J connectivity index is 0.000000246. The van der Waals surface area contributed by atoms with Crippen LogP contribution in [0.25, 0.3) is 0 Å². The van der Waals surface area contributed by atoms with Gasteiger partial charge in [-0.15, -0.1) is 0 Å². The largest absolute Gasteiger partial charge is 0.402 e. The quantitative estimate of drug-likeness (QED) is 0.678. The zero-order chi connectivity index (χ0) is 14.8. The average molecular weight is 264 g/mol. The monoisotopic (exact) mass is 264 g/mol. The van der Waals surface area contributed by atoms with Gasteiger partial charge in [-0.1, -0.05) is 71.6 Å². The highest BCUT2D eigenvalue weighted by atomic mass is 16.1. The molecule has 20 heavy (non-hydrogen) atoms. The maximum absolute atomic E-state index is 10.1. The van der Waals surface area contributed by atoms with E-state index in [2.05, 4.69) is 55.8 Å². The SMILES string of the molecule is CC(=O)/C=C(/C)N.[B](c1ccccc1)c1ccccc1. The van der Waals surface area contributed by atoms with Gasteiger partial charge in [0, 0.05) is 5.70 Å². The summed E-state index contributed by atoms with van der Waals surface area (Å²) in [6.07, 6.45) is 1.39. The van der Waals surface area contributed by atoms with Gasteiger partial charge in [0.2, 0.25) is 0 Å². The van der Waals surface area contributed by atoms with Crippen molar-refractivity contribution in [1.29, 1.82) is 0 Å². The van der Waals surface area contributed by atoms with Gasteiger partial charge in [-0.3, -0.25) is 4.79 Å². The Morgan fingerprint density at radius 3 is 1.55 bits per heavy atom. The first-order chi connectivity index (χ1) is 9.58. The molecule has 0 amide bonds. The lowest BCUT2D eigenvalue weighted by atomic mass is 9.64. The van der Waals surface area contributed by atoms with Crippen molar-refractivity contribution in [3.05, 3.63) is 72.4 Å². The van der Waals surface area contributed by atoms with Crippen LogP contribution in [0.15, 0.2) is 72.4 Å². The summed E-state index contributed by atoms with van der Waals surface area (Å²) in [7, 11) is 2.17. The van der Waals surface area contributed by atoms with Crippen molar-refractivity contribution < 1.29 is 4.79 Å². The first kappa shape index (κ1) is 15.8. The molecule has 2 aromatic carbocycles. The van der Waals surface area contributed by atoms with Crippen LogP contribution in [-0.2, 0) is 4.79 Å². The molecule has 0 saturated carbocycles. The minimum absolute atomic E-state index is 0.000000000000000444. The Bertz CT molecular complexity index is 508. The Hall–Kier alpha value is -2.29. The van der Waals surface area contributed by atoms with E-state index in [9.17, 15) is 4.79 Å². The summed E-state index contributed by atoms with van der Waals surface area (Å²) in [5, 5.41) is 0. The van der Waals surface area contributed by atoms with E-state index in [0.29, 0.717) is 5.70 Å². The van der Waals surface area contributed by atoms with E-state index in [1.165, 1.54) is 23.9 Å². The van der Waals surface area contributed by atoms with Gasteiger partial charge in [-0.25, -0.2) is 0 Å². The Kier molecular flexibility index (Phi) is 6.90. The van der Waals surface area contributed by atoms with Crippen LogP contribution in [-0.4, -0.2) is 13.1 Å². The first-order valence-corrected chi connectivity index (χ1v) is 6.47. The summed E-state index contributed by atoms with van der Waals surface area (Å²) in [6.45, 7) is 3.15. The smallest absolute Gasteiger partial charge is 0.191 e. The molecule has 0 heterocycles. The number of ketones is 1. The van der Waals surface area contributed by atoms with Crippen LogP contribution in [0.3, 0.4) is 0 Å². The zero-order valence-corrected chi connectivity index (χ0v) is 11.9. The molecule has 0 saturated heterocycles. The van der Waals surface area contributed by atoms with E-state index >= 15 is 0 Å². The summed E-state index contributed by atoms with van der Waals surface area (Å²) in [4.78, 5) is 10.1. The second kappa shape index (κ2) is 8.75. The highest BCUT2D eigenvalue weighted by molar-refractivity contribution is 6.67. The van der Waals surface area contributed by atoms with Crippen molar-refractivity contribution in [2.24, 2.45) is 5.73 Å². The molecule has 0 unspecified atom stereocenters. The number of hydrogen-bond donors (Lipinski definition) is 1. The minimum Gasteiger partial charge on any atom is -0.402 e. The Morgan fingerprint density at radius 2 is 1.30 bits per heavy atom. The second-order valence-electron chi connectivity index (χ2n) is 4.46. The molecule has 2 rings (SSSR count). The molecule has 3 heteroatoms. The maximum Gasteiger partial charge on any atom is 0.191 e. The van der Waals surface area contributed by atoms with Gasteiger partial charge in [0.15, 0.2) is 13.1 Å². The van der Waals surface area contributed by atoms with Gasteiger partial charge in [0.1, 0.15) is 0 Å². The normalized spacial score (nSPS) is 10.2. The molecule has 0 aromatic heterocycles. The summed E-state index contributed by atoms with van der Waals surface area (Å²) < 4.78 is 0. The third-order valence-corrected chi connectivity index (χ3v) is 2.36. The first-order valence-electron chi connectivity index (χ1n) is 6.47. The summed E-state index contributed by atoms with van der Waals surface area (Å²) in [6, 6.07) is 20.7. The van der Waals surface area contributed by atoms with Gasteiger partial charge < -0.3 is 5.73 Å². The van der Waals surface area contributed by atoms with Gasteiger partial charge in [0.25, 0.3) is 0 Å². The Morgan fingerprint density at radius 1 is 0.900 bits per heavy atom. The molecule has 2 nitrogen and oxygen atoms in total. The summed E-state index contributed by atoms with van der Waals surface area (Å²) in [5.41, 5.74) is 8.18. The molecule has 0 aliphatic carbocycles. The molecule has 101 valence electrons. The molecule has 2 N–H and O–H groups in total. The lowest BCUT2D eigenvalue weighted by Gasteiger charge is -1.98. The van der Waals surface area contributed by atoms with Crippen LogP contribution >= 0.6 is 0 Å². The number of rotatable bonds is 3. The van der Waals surface area contributed by atoms with Crippen molar-refractivity contribution in [2.45, 2.75) is 13.8 Å². The number of nitrogens with two attached hydrogens (primary N) is 1. The molecule has 2 aromatic rings. The molecular formula is C17H19BNO. The number of carbonyl (C=O) groups is 1. The minimum atomic E-state index is 0.000000000000000444. The van der Waals surface area contributed by atoms with E-state index in [-0.39, 0.29) is 5.78 Å². The standard InChI is InChI=1S/C12H10B.C5H9NO/c1-3-7-11(8-4-1)13-12-9-5-2-6-10-12;1-4(6)3-5(2)7/h1-10H;3H,6H2,1-2H3/b;4-3-. The van der Waals surface area contributed by atoms with E-state index in [4.69, 9.17) is 5.73 Å². The molecule has 0 fully saturated rings. The molecule has 0 atom stereocenters. The average Bonchev–Trinajstić information content (AvgIpc) is 2.40. The molecule has 0 spiro atoms. The van der Waals surface area contributed by atoms with Crippen LogP contribution in [0.5, 0.6) is 0 Å². The molecule has 0 bridgehead atoms. The van der Waals surface area contributed by atoms with E-state index < -0.39 is 0 Å². The topological polar surface area (TPSA) is 43.1 Å². The maximum atomic E-state index is 10.1. The van der Waals surface area contributed by atoms with Crippen LogP contribution < -0.4 is 16.7 Å². The van der Waals surface area contributed by atoms with Crippen LogP contribution in [0.4, 0.5) is 0 Å². The van der Waals surface area contributed by atoms with Crippen molar-refractivity contribution in [1.82, 2.24) is 0 Å². The van der Waals surface area contributed by atoms with Gasteiger partial charge in [-0.2, -0.15) is 0 Å². The molecule has 0 aliphatic rings. The second-order valence-corrected chi connectivity index (χ2v) is 4.46. The molecular weight excluding hydrogens is 245 g/mol. The third-order valence-electron chi connectivity index (χ3n) is 2.36. The fourth-order valence-corrected chi connectivity index (χ4v) is 1.61.